The highest BCUT2D eigenvalue weighted by atomic mass is 35.5. The summed E-state index contributed by atoms with van der Waals surface area (Å²) in [6.07, 6.45) is 3.53. The number of carbonyl (C=O) groups is 1. The number of primary amides is 1. The van der Waals surface area contributed by atoms with Crippen molar-refractivity contribution in [1.29, 1.82) is 0 Å². The molecule has 2 fully saturated rings. The number of hydrogen-bond donors (Lipinski definition) is 1. The molecule has 2 N–H and O–H groups in total. The molecule has 0 heterocycles. The van der Waals surface area contributed by atoms with Crippen molar-refractivity contribution in [3.8, 4) is 0 Å². The molecule has 2 atom stereocenters. The van der Waals surface area contributed by atoms with E-state index in [2.05, 4.69) is 0 Å². The summed E-state index contributed by atoms with van der Waals surface area (Å²) in [4.78, 5) is 10.6. The van der Waals surface area contributed by atoms with Gasteiger partial charge in [-0.25, -0.2) is 0 Å². The van der Waals surface area contributed by atoms with Crippen LogP contribution in [0.1, 0.15) is 19.3 Å². The molecule has 2 unspecified atom stereocenters. The third kappa shape index (κ3) is 1.12. The van der Waals surface area contributed by atoms with E-state index in [0.29, 0.717) is 0 Å². The van der Waals surface area contributed by atoms with Crippen LogP contribution in [0.25, 0.3) is 0 Å². The fourth-order valence-corrected chi connectivity index (χ4v) is 1.95. The number of rotatable bonds is 1. The van der Waals surface area contributed by atoms with Crippen LogP contribution in [0, 0.1) is 17.8 Å². The smallest absolute Gasteiger partial charge is 0.220 e. The number of amides is 1. The minimum absolute atomic E-state index is 0. The minimum atomic E-state index is -0.0813. The Hall–Kier alpha value is -0.240. The first-order chi connectivity index (χ1) is 4.27. The summed E-state index contributed by atoms with van der Waals surface area (Å²) in [5.74, 6) is 1.90. The number of nitrogens with two attached hydrogens (primary N) is 1. The Kier molecular flexibility index (Phi) is 1.90. The molecule has 0 bridgehead atoms. The minimum Gasteiger partial charge on any atom is -0.369 e. The van der Waals surface area contributed by atoms with Crippen molar-refractivity contribution in [3.63, 3.8) is 0 Å². The molecule has 2 nitrogen and oxygen atoms in total. The fourth-order valence-electron chi connectivity index (χ4n) is 1.95. The lowest BCUT2D eigenvalue weighted by Crippen LogP contribution is -2.21. The predicted molar refractivity (Wildman–Crippen MR) is 40.8 cm³/mol. The maximum absolute atomic E-state index is 10.6. The topological polar surface area (TPSA) is 43.1 Å². The largest absolute Gasteiger partial charge is 0.369 e. The zero-order valence-electron chi connectivity index (χ0n) is 5.75. The van der Waals surface area contributed by atoms with Gasteiger partial charge < -0.3 is 5.73 Å². The van der Waals surface area contributed by atoms with Crippen LogP contribution < -0.4 is 5.73 Å². The first-order valence-corrected chi connectivity index (χ1v) is 3.56. The summed E-state index contributed by atoms with van der Waals surface area (Å²) in [5.41, 5.74) is 5.14. The predicted octanol–water partition coefficient (Wildman–Crippen LogP) is 0.940. The van der Waals surface area contributed by atoms with Crippen LogP contribution in [0.5, 0.6) is 0 Å². The van der Waals surface area contributed by atoms with Crippen molar-refractivity contribution in [1.82, 2.24) is 0 Å². The Balaban J connectivity index is 0.000000500. The maximum atomic E-state index is 10.6. The Morgan fingerprint density at radius 3 is 2.00 bits per heavy atom. The van der Waals surface area contributed by atoms with Gasteiger partial charge in [0.1, 0.15) is 0 Å². The highest BCUT2D eigenvalue weighted by Gasteiger charge is 2.47. The standard InChI is InChI=1S/C7H11NO.ClH/c8-7(9)6-2-4-1-5(4)3-6;/h4-6H,1-3H2,(H2,8,9);1H. The van der Waals surface area contributed by atoms with E-state index >= 15 is 0 Å². The number of carbonyl (C=O) groups excluding carboxylic acids is 1. The van der Waals surface area contributed by atoms with Gasteiger partial charge in [-0.3, -0.25) is 4.79 Å². The zero-order chi connectivity index (χ0) is 6.43. The molecule has 0 aliphatic heterocycles. The average molecular weight is 162 g/mol. The number of halogens is 1. The Morgan fingerprint density at radius 1 is 1.20 bits per heavy atom. The molecule has 0 spiro atoms. The molecular weight excluding hydrogens is 150 g/mol. The highest BCUT2D eigenvalue weighted by Crippen LogP contribution is 2.54. The van der Waals surface area contributed by atoms with Crippen LogP contribution in [-0.2, 0) is 4.79 Å². The van der Waals surface area contributed by atoms with Crippen LogP contribution >= 0.6 is 12.4 Å². The maximum Gasteiger partial charge on any atom is 0.220 e. The molecule has 0 aromatic rings. The van der Waals surface area contributed by atoms with Gasteiger partial charge in [0.25, 0.3) is 0 Å². The second-order valence-electron chi connectivity index (χ2n) is 3.33. The lowest BCUT2D eigenvalue weighted by atomic mass is 10.0. The normalized spacial score (nSPS) is 41.8. The summed E-state index contributed by atoms with van der Waals surface area (Å²) in [6.45, 7) is 0. The van der Waals surface area contributed by atoms with Gasteiger partial charge in [0.05, 0.1) is 0 Å². The molecule has 1 amide bonds. The summed E-state index contributed by atoms with van der Waals surface area (Å²) in [6, 6.07) is 0. The molecule has 3 heteroatoms. The SMILES string of the molecule is Cl.NC(=O)C1CC2CC2C1. The first kappa shape index (κ1) is 7.86. The van der Waals surface area contributed by atoms with Gasteiger partial charge in [-0.2, -0.15) is 0 Å². The van der Waals surface area contributed by atoms with E-state index in [0.717, 1.165) is 24.7 Å². The van der Waals surface area contributed by atoms with E-state index in [1.807, 2.05) is 0 Å². The average Bonchev–Trinajstić information content (AvgIpc) is 2.40. The van der Waals surface area contributed by atoms with Gasteiger partial charge in [0.15, 0.2) is 0 Å². The van der Waals surface area contributed by atoms with Crippen molar-refractivity contribution < 1.29 is 4.79 Å². The van der Waals surface area contributed by atoms with E-state index in [1.54, 1.807) is 0 Å². The van der Waals surface area contributed by atoms with Crippen molar-refractivity contribution in [2.75, 3.05) is 0 Å². The number of fused-ring (bicyclic) bond motifs is 1. The molecule has 2 rings (SSSR count). The molecule has 0 aromatic heterocycles. The van der Waals surface area contributed by atoms with Gasteiger partial charge in [-0.1, -0.05) is 0 Å². The lowest BCUT2D eigenvalue weighted by molar-refractivity contribution is -0.121. The molecule has 0 aromatic carbocycles. The van der Waals surface area contributed by atoms with Gasteiger partial charge in [0.2, 0.25) is 5.91 Å². The Bertz CT molecular complexity index is 150. The van der Waals surface area contributed by atoms with Crippen LogP contribution in [-0.4, -0.2) is 5.91 Å². The third-order valence-corrected chi connectivity index (χ3v) is 2.65. The van der Waals surface area contributed by atoms with Crippen LogP contribution in [0.15, 0.2) is 0 Å². The van der Waals surface area contributed by atoms with E-state index in [1.165, 1.54) is 6.42 Å². The quantitative estimate of drug-likeness (QED) is 0.611. The van der Waals surface area contributed by atoms with Crippen LogP contribution in [0.4, 0.5) is 0 Å². The Labute approximate surface area is 66.6 Å². The second-order valence-corrected chi connectivity index (χ2v) is 3.33. The van der Waals surface area contributed by atoms with Gasteiger partial charge >= 0.3 is 0 Å². The summed E-state index contributed by atoms with van der Waals surface area (Å²) in [7, 11) is 0. The van der Waals surface area contributed by atoms with Crippen molar-refractivity contribution in [3.05, 3.63) is 0 Å². The summed E-state index contributed by atoms with van der Waals surface area (Å²) in [5, 5.41) is 0. The van der Waals surface area contributed by atoms with Gasteiger partial charge in [-0.15, -0.1) is 12.4 Å². The zero-order valence-corrected chi connectivity index (χ0v) is 6.56. The molecule has 10 heavy (non-hydrogen) atoms. The lowest BCUT2D eigenvalue weighted by Gasteiger charge is -2.03. The molecule has 2 aliphatic carbocycles. The monoisotopic (exact) mass is 161 g/mol. The van der Waals surface area contributed by atoms with Crippen molar-refractivity contribution >= 4 is 18.3 Å². The molecule has 58 valence electrons. The molecule has 0 radical (unpaired) electrons. The summed E-state index contributed by atoms with van der Waals surface area (Å²) >= 11 is 0. The molecular formula is C7H12ClNO. The van der Waals surface area contributed by atoms with Gasteiger partial charge in [-0.05, 0) is 31.1 Å². The third-order valence-electron chi connectivity index (χ3n) is 2.65. The van der Waals surface area contributed by atoms with E-state index in [4.69, 9.17) is 5.73 Å². The van der Waals surface area contributed by atoms with Gasteiger partial charge in [0, 0.05) is 5.92 Å². The van der Waals surface area contributed by atoms with E-state index in [9.17, 15) is 4.79 Å². The van der Waals surface area contributed by atoms with Crippen LogP contribution in [0.3, 0.4) is 0 Å². The van der Waals surface area contributed by atoms with Crippen LogP contribution in [0.2, 0.25) is 0 Å². The number of hydrogen-bond acceptors (Lipinski definition) is 1. The van der Waals surface area contributed by atoms with Crippen molar-refractivity contribution in [2.24, 2.45) is 23.5 Å². The second kappa shape index (κ2) is 2.42. The van der Waals surface area contributed by atoms with E-state index < -0.39 is 0 Å². The van der Waals surface area contributed by atoms with E-state index in [-0.39, 0.29) is 24.2 Å². The molecule has 2 aliphatic rings. The molecule has 0 saturated heterocycles. The molecule has 2 saturated carbocycles. The Morgan fingerprint density at radius 2 is 1.70 bits per heavy atom. The summed E-state index contributed by atoms with van der Waals surface area (Å²) < 4.78 is 0. The first-order valence-electron chi connectivity index (χ1n) is 3.56. The highest BCUT2D eigenvalue weighted by molar-refractivity contribution is 5.85. The fraction of sp³-hybridized carbons (Fsp3) is 0.857. The van der Waals surface area contributed by atoms with Crippen molar-refractivity contribution in [2.45, 2.75) is 19.3 Å².